The van der Waals surface area contributed by atoms with Crippen molar-refractivity contribution in [1.82, 2.24) is 5.32 Å². The van der Waals surface area contributed by atoms with Gasteiger partial charge in [-0.1, -0.05) is 294 Å². The molecule has 0 radical (unpaired) electrons. The third-order valence-electron chi connectivity index (χ3n) is 15.1. The predicted molar refractivity (Wildman–Crippen MR) is 324 cm³/mol. The number of hydrogen-bond donors (Lipinski definition) is 3. The second kappa shape index (κ2) is 63.4. The number of nitrogens with one attached hydrogen (secondary N) is 1. The maximum Gasteiger partial charge on any atom is 0.305 e. The fraction of sp³-hybridized carbons (Fsp3) is 0.853. The van der Waals surface area contributed by atoms with Crippen molar-refractivity contribution in [2.45, 2.75) is 360 Å². The van der Waals surface area contributed by atoms with Gasteiger partial charge in [0.1, 0.15) is 0 Å². The highest BCUT2D eigenvalue weighted by atomic mass is 16.5. The summed E-state index contributed by atoms with van der Waals surface area (Å²) in [5.41, 5.74) is 0. The molecule has 0 aromatic heterocycles. The Bertz CT molecular complexity index is 1240. The van der Waals surface area contributed by atoms with Crippen molar-refractivity contribution in [2.24, 2.45) is 0 Å². The normalized spacial score (nSPS) is 12.9. The lowest BCUT2D eigenvalue weighted by Gasteiger charge is -2.20. The largest absolute Gasteiger partial charge is 0.466 e. The zero-order valence-corrected chi connectivity index (χ0v) is 49.6. The van der Waals surface area contributed by atoms with Gasteiger partial charge in [-0.05, 0) is 89.9 Å². The Morgan fingerprint density at radius 1 is 0.378 bits per heavy atom. The molecule has 0 heterocycles. The SMILES string of the molecule is CCCCC/C=C\CCCCCCCC(=O)OCCCCCCCCCCC/C=C\C/C=C\CCCCCCCCCCCCCCCCCC(=O)NC(CO)C(O)/C=C/CCCCCCCCCCCCCC. The van der Waals surface area contributed by atoms with E-state index in [1.807, 2.05) is 6.08 Å². The first kappa shape index (κ1) is 71.8. The Balaban J connectivity index is 3.41. The van der Waals surface area contributed by atoms with Crippen LogP contribution in [-0.2, 0) is 14.3 Å². The Morgan fingerprint density at radius 2 is 0.676 bits per heavy atom. The topological polar surface area (TPSA) is 95.9 Å². The molecular weight excluding hydrogens is 911 g/mol. The first-order valence-electron chi connectivity index (χ1n) is 32.9. The van der Waals surface area contributed by atoms with Gasteiger partial charge in [0.2, 0.25) is 5.91 Å². The summed E-state index contributed by atoms with van der Waals surface area (Å²) in [5, 5.41) is 23.1. The molecule has 2 unspecified atom stereocenters. The number of unbranched alkanes of at least 4 members (excludes halogenated alkanes) is 44. The van der Waals surface area contributed by atoms with E-state index < -0.39 is 12.1 Å². The number of aliphatic hydroxyl groups excluding tert-OH is 2. The molecule has 3 N–H and O–H groups in total. The number of carbonyl (C=O) groups is 2. The molecule has 434 valence electrons. The number of amides is 1. The molecular formula is C68H127NO5. The van der Waals surface area contributed by atoms with Crippen LogP contribution in [0, 0.1) is 0 Å². The first-order chi connectivity index (χ1) is 36.5. The molecule has 74 heavy (non-hydrogen) atoms. The first-order valence-corrected chi connectivity index (χ1v) is 32.9. The van der Waals surface area contributed by atoms with Crippen LogP contribution in [0.5, 0.6) is 0 Å². The van der Waals surface area contributed by atoms with Crippen LogP contribution in [0.3, 0.4) is 0 Å². The van der Waals surface area contributed by atoms with E-state index >= 15 is 0 Å². The van der Waals surface area contributed by atoms with Crippen LogP contribution >= 0.6 is 0 Å². The predicted octanol–water partition coefficient (Wildman–Crippen LogP) is 20.9. The van der Waals surface area contributed by atoms with Gasteiger partial charge in [0.25, 0.3) is 0 Å². The van der Waals surface area contributed by atoms with Gasteiger partial charge in [-0.3, -0.25) is 9.59 Å². The number of hydrogen-bond acceptors (Lipinski definition) is 5. The van der Waals surface area contributed by atoms with Gasteiger partial charge in [-0.15, -0.1) is 0 Å². The van der Waals surface area contributed by atoms with Crippen LogP contribution < -0.4 is 5.32 Å². The standard InChI is InChI=1S/C68H127NO5/c1-3-5-7-9-11-13-15-17-37-40-44-48-52-56-60-66(71)65(64-70)69-67(72)61-57-53-49-45-41-38-35-33-31-29-27-25-23-21-19-18-20-22-24-26-28-30-32-34-36-39-43-47-51-55-59-63-74-68(73)62-58-54-50-46-42-16-14-12-10-8-6-4-2/h12,14,20,22,26,28,56,60,65-66,70-71H,3-11,13,15-19,21,23-25,27,29-55,57-59,61-64H2,1-2H3,(H,69,72)/b14-12-,22-20-,28-26-,60-56+. The summed E-state index contributed by atoms with van der Waals surface area (Å²) in [6.45, 7) is 4.88. The minimum atomic E-state index is -0.844. The number of ether oxygens (including phenoxy) is 1. The number of rotatable bonds is 61. The lowest BCUT2D eigenvalue weighted by Crippen LogP contribution is -2.45. The Kier molecular flexibility index (Phi) is 61.5. The van der Waals surface area contributed by atoms with Crippen molar-refractivity contribution in [3.05, 3.63) is 48.6 Å². The van der Waals surface area contributed by atoms with Crippen molar-refractivity contribution < 1.29 is 24.5 Å². The van der Waals surface area contributed by atoms with Crippen LogP contribution in [0.25, 0.3) is 0 Å². The van der Waals surface area contributed by atoms with Crippen LogP contribution in [0.4, 0.5) is 0 Å². The smallest absolute Gasteiger partial charge is 0.305 e. The van der Waals surface area contributed by atoms with Crippen molar-refractivity contribution in [3.63, 3.8) is 0 Å². The third kappa shape index (κ3) is 59.1. The Labute approximate surface area is 461 Å². The number of esters is 1. The number of carbonyl (C=O) groups excluding carboxylic acids is 2. The van der Waals surface area contributed by atoms with E-state index in [1.165, 1.54) is 270 Å². The highest BCUT2D eigenvalue weighted by Crippen LogP contribution is 2.17. The fourth-order valence-electron chi connectivity index (χ4n) is 10.0. The van der Waals surface area contributed by atoms with Gasteiger partial charge in [0, 0.05) is 12.8 Å². The monoisotopic (exact) mass is 1040 g/mol. The minimum absolute atomic E-state index is 0.00251. The molecule has 0 fully saturated rings. The van der Waals surface area contributed by atoms with Gasteiger partial charge < -0.3 is 20.3 Å². The van der Waals surface area contributed by atoms with Gasteiger partial charge in [0.15, 0.2) is 0 Å². The van der Waals surface area contributed by atoms with Crippen LogP contribution in [0.1, 0.15) is 348 Å². The summed E-state index contributed by atoms with van der Waals surface area (Å²) >= 11 is 0. The summed E-state index contributed by atoms with van der Waals surface area (Å²) in [4.78, 5) is 24.5. The van der Waals surface area contributed by atoms with Gasteiger partial charge in [0.05, 0.1) is 25.4 Å². The second-order valence-electron chi connectivity index (χ2n) is 22.4. The maximum absolute atomic E-state index is 12.5. The van der Waals surface area contributed by atoms with E-state index in [1.54, 1.807) is 6.08 Å². The molecule has 0 aliphatic carbocycles. The summed E-state index contributed by atoms with van der Waals surface area (Å²) in [5.74, 6) is -0.0640. The summed E-state index contributed by atoms with van der Waals surface area (Å²) < 4.78 is 5.46. The van der Waals surface area contributed by atoms with Gasteiger partial charge in [-0.25, -0.2) is 0 Å². The molecule has 2 atom stereocenters. The fourth-order valence-corrected chi connectivity index (χ4v) is 10.0. The molecule has 0 spiro atoms. The molecule has 1 amide bonds. The highest BCUT2D eigenvalue weighted by molar-refractivity contribution is 5.76. The van der Waals surface area contributed by atoms with Crippen molar-refractivity contribution in [1.29, 1.82) is 0 Å². The zero-order valence-electron chi connectivity index (χ0n) is 49.6. The quantitative estimate of drug-likeness (QED) is 0.0320. The molecule has 0 aromatic carbocycles. The molecule has 0 aromatic rings. The Morgan fingerprint density at radius 3 is 1.07 bits per heavy atom. The number of aliphatic hydroxyl groups is 2. The van der Waals surface area contributed by atoms with Crippen LogP contribution in [0.2, 0.25) is 0 Å². The lowest BCUT2D eigenvalue weighted by atomic mass is 10.0. The van der Waals surface area contributed by atoms with Crippen molar-refractivity contribution in [2.75, 3.05) is 13.2 Å². The molecule has 0 bridgehead atoms. The highest BCUT2D eigenvalue weighted by Gasteiger charge is 2.18. The molecule has 0 aliphatic rings. The van der Waals surface area contributed by atoms with Crippen LogP contribution in [0.15, 0.2) is 48.6 Å². The van der Waals surface area contributed by atoms with Gasteiger partial charge in [-0.2, -0.15) is 0 Å². The summed E-state index contributed by atoms with van der Waals surface area (Å²) in [6, 6.07) is -0.627. The summed E-state index contributed by atoms with van der Waals surface area (Å²) in [7, 11) is 0. The van der Waals surface area contributed by atoms with E-state index in [4.69, 9.17) is 4.74 Å². The second-order valence-corrected chi connectivity index (χ2v) is 22.4. The Hall–Kier alpha value is -2.18. The molecule has 6 nitrogen and oxygen atoms in total. The summed E-state index contributed by atoms with van der Waals surface area (Å²) in [6.07, 6.45) is 81.7. The molecule has 0 rings (SSSR count). The molecule has 0 aliphatic heterocycles. The van der Waals surface area contributed by atoms with E-state index in [9.17, 15) is 19.8 Å². The third-order valence-corrected chi connectivity index (χ3v) is 15.1. The molecule has 6 heteroatoms. The number of allylic oxidation sites excluding steroid dienone is 7. The maximum atomic E-state index is 12.5. The zero-order chi connectivity index (χ0) is 53.6. The van der Waals surface area contributed by atoms with E-state index in [2.05, 4.69) is 55.6 Å². The molecule has 0 saturated carbocycles. The van der Waals surface area contributed by atoms with Crippen LogP contribution in [-0.4, -0.2) is 47.4 Å². The lowest BCUT2D eigenvalue weighted by molar-refractivity contribution is -0.143. The minimum Gasteiger partial charge on any atom is -0.466 e. The van der Waals surface area contributed by atoms with E-state index in [-0.39, 0.29) is 18.5 Å². The van der Waals surface area contributed by atoms with Gasteiger partial charge >= 0.3 is 5.97 Å². The van der Waals surface area contributed by atoms with Crippen molar-refractivity contribution in [3.8, 4) is 0 Å². The molecule has 0 saturated heterocycles. The van der Waals surface area contributed by atoms with Crippen molar-refractivity contribution >= 4 is 11.9 Å². The average molecular weight is 1040 g/mol. The van der Waals surface area contributed by atoms with E-state index in [0.717, 1.165) is 51.4 Å². The average Bonchev–Trinajstić information content (AvgIpc) is 3.40. The van der Waals surface area contributed by atoms with E-state index in [0.29, 0.717) is 19.4 Å².